The van der Waals surface area contributed by atoms with Crippen LogP contribution >= 0.6 is 21.6 Å². The maximum atomic E-state index is 12.5. The summed E-state index contributed by atoms with van der Waals surface area (Å²) in [5, 5.41) is 1.70. The van der Waals surface area contributed by atoms with Crippen LogP contribution in [-0.4, -0.2) is 21.3 Å². The van der Waals surface area contributed by atoms with E-state index in [1.54, 1.807) is 29.4 Å². The van der Waals surface area contributed by atoms with E-state index in [-0.39, 0.29) is 11.5 Å². The molecule has 152 valence electrons. The zero-order valence-corrected chi connectivity index (χ0v) is 17.4. The first-order valence-corrected chi connectivity index (χ1v) is 12.3. The number of hydrogen-bond donors (Lipinski definition) is 0. The van der Waals surface area contributed by atoms with Gasteiger partial charge in [-0.15, -0.1) is 0 Å². The molecule has 2 aromatic carbocycles. The van der Waals surface area contributed by atoms with Gasteiger partial charge in [0.05, 0.1) is 24.2 Å². The third-order valence-electron chi connectivity index (χ3n) is 3.64. The second-order valence-electron chi connectivity index (χ2n) is 5.79. The van der Waals surface area contributed by atoms with Crippen LogP contribution in [0.25, 0.3) is 0 Å². The number of methoxy groups -OCH3 is 1. The van der Waals surface area contributed by atoms with E-state index in [9.17, 15) is 21.6 Å². The summed E-state index contributed by atoms with van der Waals surface area (Å²) in [7, 11) is 1.12. The number of rotatable bonds is 9. The van der Waals surface area contributed by atoms with E-state index in [0.717, 1.165) is 23.4 Å². The SMILES string of the molecule is COc1ccccc1CSS/C=C/CS(=O)(=O)Cc1ccc(C(F)(F)F)cc1. The van der Waals surface area contributed by atoms with Gasteiger partial charge in [-0.3, -0.25) is 0 Å². The molecule has 28 heavy (non-hydrogen) atoms. The molecule has 0 bridgehead atoms. The van der Waals surface area contributed by atoms with E-state index in [4.69, 9.17) is 4.74 Å². The van der Waals surface area contributed by atoms with Crippen molar-refractivity contribution in [3.05, 3.63) is 76.7 Å². The summed E-state index contributed by atoms with van der Waals surface area (Å²) in [4.78, 5) is 0. The monoisotopic (exact) mass is 448 g/mol. The van der Waals surface area contributed by atoms with Gasteiger partial charge in [0.2, 0.25) is 0 Å². The Morgan fingerprint density at radius 3 is 2.39 bits per heavy atom. The number of ether oxygens (including phenoxy) is 1. The number of benzene rings is 2. The lowest BCUT2D eigenvalue weighted by molar-refractivity contribution is -0.137. The molecule has 0 atom stereocenters. The molecular formula is C19H19F3O3S3. The molecular weight excluding hydrogens is 429 g/mol. The molecule has 9 heteroatoms. The van der Waals surface area contributed by atoms with E-state index in [2.05, 4.69) is 0 Å². The van der Waals surface area contributed by atoms with E-state index >= 15 is 0 Å². The van der Waals surface area contributed by atoms with E-state index in [1.807, 2.05) is 24.3 Å². The number of para-hydroxylation sites is 1. The largest absolute Gasteiger partial charge is 0.496 e. The van der Waals surface area contributed by atoms with Gasteiger partial charge in [-0.05, 0) is 29.2 Å². The number of alkyl halides is 3. The molecule has 0 saturated carbocycles. The van der Waals surface area contributed by atoms with Crippen LogP contribution < -0.4 is 4.74 Å². The zero-order chi connectivity index (χ0) is 20.6. The predicted octanol–water partition coefficient (Wildman–Crippen LogP) is 5.72. The van der Waals surface area contributed by atoms with Crippen molar-refractivity contribution in [2.45, 2.75) is 17.7 Å². The highest BCUT2D eigenvalue weighted by Crippen LogP contribution is 2.31. The van der Waals surface area contributed by atoms with Crippen molar-refractivity contribution in [1.29, 1.82) is 0 Å². The van der Waals surface area contributed by atoms with Crippen molar-refractivity contribution in [2.75, 3.05) is 12.9 Å². The van der Waals surface area contributed by atoms with Crippen LogP contribution in [0.1, 0.15) is 16.7 Å². The van der Waals surface area contributed by atoms with Gasteiger partial charge in [0.1, 0.15) is 5.75 Å². The molecule has 0 spiro atoms. The minimum absolute atomic E-state index is 0.170. The first kappa shape index (κ1) is 22.7. The van der Waals surface area contributed by atoms with Crippen LogP contribution in [0.2, 0.25) is 0 Å². The second kappa shape index (κ2) is 10.3. The summed E-state index contributed by atoms with van der Waals surface area (Å²) in [6.45, 7) is 0. The minimum atomic E-state index is -4.43. The lowest BCUT2D eigenvalue weighted by Gasteiger charge is -2.07. The Hall–Kier alpha value is -1.58. The standard InChI is InChI=1S/C19H19F3O3S3/c1-25-18-6-3-2-5-16(18)13-27-26-11-4-12-28(23,24)14-15-7-9-17(10-8-15)19(20,21)22/h2-11H,12-14H2,1H3/b11-4+. The predicted molar refractivity (Wildman–Crippen MR) is 110 cm³/mol. The van der Waals surface area contributed by atoms with Crippen LogP contribution in [0.3, 0.4) is 0 Å². The van der Waals surface area contributed by atoms with Crippen LogP contribution in [0.4, 0.5) is 13.2 Å². The Bertz CT molecular complexity index is 893. The molecule has 3 nitrogen and oxygen atoms in total. The summed E-state index contributed by atoms with van der Waals surface area (Å²) in [5.41, 5.74) is 0.586. The summed E-state index contributed by atoms with van der Waals surface area (Å²) >= 11 is 0. The van der Waals surface area contributed by atoms with E-state index in [0.29, 0.717) is 11.3 Å². The van der Waals surface area contributed by atoms with Crippen molar-refractivity contribution in [1.82, 2.24) is 0 Å². The van der Waals surface area contributed by atoms with Crippen molar-refractivity contribution < 1.29 is 26.3 Å². The van der Waals surface area contributed by atoms with Crippen LogP contribution in [0.15, 0.2) is 60.0 Å². The molecule has 0 amide bonds. The Morgan fingerprint density at radius 2 is 1.75 bits per heavy atom. The van der Waals surface area contributed by atoms with Gasteiger partial charge in [-0.2, -0.15) is 13.2 Å². The molecule has 0 heterocycles. The maximum absolute atomic E-state index is 12.5. The average Bonchev–Trinajstić information content (AvgIpc) is 2.64. The minimum Gasteiger partial charge on any atom is -0.496 e. The summed E-state index contributed by atoms with van der Waals surface area (Å²) in [6, 6.07) is 11.8. The van der Waals surface area contributed by atoms with Crippen molar-refractivity contribution in [2.24, 2.45) is 0 Å². The third-order valence-corrected chi connectivity index (χ3v) is 7.08. The third kappa shape index (κ3) is 7.44. The highest BCUT2D eigenvalue weighted by Gasteiger charge is 2.30. The molecule has 2 aromatic rings. The van der Waals surface area contributed by atoms with Crippen LogP contribution in [-0.2, 0) is 27.5 Å². The van der Waals surface area contributed by atoms with Gasteiger partial charge in [-0.25, -0.2) is 8.42 Å². The highest BCUT2D eigenvalue weighted by molar-refractivity contribution is 8.77. The topological polar surface area (TPSA) is 43.4 Å². The Labute approximate surface area is 170 Å². The average molecular weight is 449 g/mol. The molecule has 2 rings (SSSR count). The van der Waals surface area contributed by atoms with Crippen molar-refractivity contribution in [3.63, 3.8) is 0 Å². The first-order chi connectivity index (χ1) is 13.2. The summed E-state index contributed by atoms with van der Waals surface area (Å²) in [6.07, 6.45) is -2.89. The highest BCUT2D eigenvalue weighted by atomic mass is 33.1. The molecule has 0 aliphatic rings. The van der Waals surface area contributed by atoms with Crippen molar-refractivity contribution >= 4 is 31.4 Å². The molecule has 0 saturated heterocycles. The normalized spacial score (nSPS) is 12.4. The number of hydrogen-bond acceptors (Lipinski definition) is 5. The van der Waals surface area contributed by atoms with Crippen LogP contribution in [0, 0.1) is 0 Å². The van der Waals surface area contributed by atoms with Gasteiger partial charge >= 0.3 is 6.18 Å². The number of halogens is 3. The first-order valence-electron chi connectivity index (χ1n) is 8.13. The summed E-state index contributed by atoms with van der Waals surface area (Å²) in [5.74, 6) is 1.04. The lowest BCUT2D eigenvalue weighted by atomic mass is 10.1. The molecule has 0 radical (unpaired) electrons. The van der Waals surface area contributed by atoms with Gasteiger partial charge in [0.25, 0.3) is 0 Å². The molecule has 0 aliphatic heterocycles. The number of sulfone groups is 1. The fraction of sp³-hybridized carbons (Fsp3) is 0.263. The Balaban J connectivity index is 1.79. The fourth-order valence-corrected chi connectivity index (χ4v) is 5.36. The van der Waals surface area contributed by atoms with Crippen LogP contribution in [0.5, 0.6) is 5.75 Å². The van der Waals surface area contributed by atoms with Crippen molar-refractivity contribution in [3.8, 4) is 5.75 Å². The molecule has 0 unspecified atom stereocenters. The van der Waals surface area contributed by atoms with E-state index < -0.39 is 21.6 Å². The Kier molecular flexibility index (Phi) is 8.33. The molecule has 0 fully saturated rings. The zero-order valence-electron chi connectivity index (χ0n) is 15.0. The van der Waals surface area contributed by atoms with E-state index in [1.165, 1.54) is 22.9 Å². The van der Waals surface area contributed by atoms with Gasteiger partial charge in [-0.1, -0.05) is 58.0 Å². The molecule has 0 N–H and O–H groups in total. The molecule has 0 aliphatic carbocycles. The second-order valence-corrected chi connectivity index (χ2v) is 10.2. The van der Waals surface area contributed by atoms with Gasteiger partial charge in [0, 0.05) is 11.3 Å². The van der Waals surface area contributed by atoms with Gasteiger partial charge < -0.3 is 4.74 Å². The smallest absolute Gasteiger partial charge is 0.416 e. The fourth-order valence-electron chi connectivity index (χ4n) is 2.29. The van der Waals surface area contributed by atoms with Gasteiger partial charge in [0.15, 0.2) is 9.84 Å². The molecule has 0 aromatic heterocycles. The maximum Gasteiger partial charge on any atom is 0.416 e. The Morgan fingerprint density at radius 1 is 1.07 bits per heavy atom. The quantitative estimate of drug-likeness (QED) is 0.362. The lowest BCUT2D eigenvalue weighted by Crippen LogP contribution is -2.08. The summed E-state index contributed by atoms with van der Waals surface area (Å²) < 4.78 is 67.1.